The zero-order valence-electron chi connectivity index (χ0n) is 11.5. The Kier molecular flexibility index (Phi) is 4.33. The molecule has 0 aliphatic rings. The predicted octanol–water partition coefficient (Wildman–Crippen LogP) is 2.52. The Hall–Kier alpha value is -2.11. The fourth-order valence-electron chi connectivity index (χ4n) is 1.72. The summed E-state index contributed by atoms with van der Waals surface area (Å²) in [5, 5.41) is 10.4. The van der Waals surface area contributed by atoms with Gasteiger partial charge in [0.2, 0.25) is 0 Å². The molecule has 102 valence electrons. The van der Waals surface area contributed by atoms with E-state index in [1.165, 1.54) is 0 Å². The summed E-state index contributed by atoms with van der Waals surface area (Å²) in [6.45, 7) is 7.50. The van der Waals surface area contributed by atoms with Gasteiger partial charge in [-0.05, 0) is 20.3 Å². The van der Waals surface area contributed by atoms with Crippen molar-refractivity contribution in [2.45, 2.75) is 33.7 Å². The second-order valence-corrected chi connectivity index (χ2v) is 4.36. The molecule has 2 N–H and O–H groups in total. The topological polar surface area (TPSA) is 75.9 Å². The van der Waals surface area contributed by atoms with Crippen molar-refractivity contribution >= 4 is 11.6 Å². The molecule has 0 spiro atoms. The van der Waals surface area contributed by atoms with Gasteiger partial charge in [-0.25, -0.2) is 9.97 Å². The average molecular weight is 261 g/mol. The van der Waals surface area contributed by atoms with E-state index in [0.717, 1.165) is 41.7 Å². The third-order valence-corrected chi connectivity index (χ3v) is 2.73. The van der Waals surface area contributed by atoms with Crippen LogP contribution in [0.3, 0.4) is 0 Å². The largest absolute Gasteiger partial charge is 0.370 e. The minimum Gasteiger partial charge on any atom is -0.370 e. The number of anilines is 2. The Labute approximate surface area is 112 Å². The zero-order valence-corrected chi connectivity index (χ0v) is 11.5. The molecule has 2 rings (SSSR count). The monoisotopic (exact) mass is 261 g/mol. The van der Waals surface area contributed by atoms with Crippen LogP contribution in [-0.2, 0) is 6.54 Å². The SMILES string of the molecule is CCCNc1nc(C)nc(NCc2ccon2)c1C. The van der Waals surface area contributed by atoms with Gasteiger partial charge in [0.05, 0.1) is 6.54 Å². The third kappa shape index (κ3) is 3.43. The van der Waals surface area contributed by atoms with Gasteiger partial charge in [-0.15, -0.1) is 0 Å². The number of nitrogens with one attached hydrogen (secondary N) is 2. The molecule has 0 radical (unpaired) electrons. The van der Waals surface area contributed by atoms with E-state index >= 15 is 0 Å². The summed E-state index contributed by atoms with van der Waals surface area (Å²) in [6.07, 6.45) is 2.62. The molecule has 6 nitrogen and oxygen atoms in total. The van der Waals surface area contributed by atoms with Gasteiger partial charge in [-0.2, -0.15) is 0 Å². The van der Waals surface area contributed by atoms with E-state index in [-0.39, 0.29) is 0 Å². The van der Waals surface area contributed by atoms with Crippen LogP contribution in [0.4, 0.5) is 11.6 Å². The van der Waals surface area contributed by atoms with Crippen molar-refractivity contribution in [2.24, 2.45) is 0 Å². The van der Waals surface area contributed by atoms with Crippen molar-refractivity contribution in [2.75, 3.05) is 17.2 Å². The Bertz CT molecular complexity index is 524. The van der Waals surface area contributed by atoms with E-state index in [0.29, 0.717) is 6.54 Å². The maximum Gasteiger partial charge on any atom is 0.135 e. The second-order valence-electron chi connectivity index (χ2n) is 4.36. The minimum atomic E-state index is 0.584. The van der Waals surface area contributed by atoms with Crippen LogP contribution in [0.25, 0.3) is 0 Å². The molecule has 2 heterocycles. The minimum absolute atomic E-state index is 0.584. The van der Waals surface area contributed by atoms with Crippen LogP contribution in [0.1, 0.15) is 30.4 Å². The Morgan fingerprint density at radius 1 is 1.16 bits per heavy atom. The summed E-state index contributed by atoms with van der Waals surface area (Å²) in [6, 6.07) is 1.83. The van der Waals surface area contributed by atoms with E-state index in [2.05, 4.69) is 32.7 Å². The molecular formula is C13H19N5O. The molecule has 0 unspecified atom stereocenters. The second kappa shape index (κ2) is 6.17. The molecule has 0 aliphatic carbocycles. The van der Waals surface area contributed by atoms with Crippen molar-refractivity contribution < 1.29 is 4.52 Å². The van der Waals surface area contributed by atoms with Crippen molar-refractivity contribution in [1.29, 1.82) is 0 Å². The smallest absolute Gasteiger partial charge is 0.135 e. The lowest BCUT2D eigenvalue weighted by atomic mass is 10.3. The van der Waals surface area contributed by atoms with Crippen molar-refractivity contribution in [3.8, 4) is 0 Å². The Balaban J connectivity index is 2.12. The van der Waals surface area contributed by atoms with Crippen molar-refractivity contribution in [1.82, 2.24) is 15.1 Å². The fraction of sp³-hybridized carbons (Fsp3) is 0.462. The van der Waals surface area contributed by atoms with Gasteiger partial charge in [0, 0.05) is 18.2 Å². The zero-order chi connectivity index (χ0) is 13.7. The quantitative estimate of drug-likeness (QED) is 0.832. The third-order valence-electron chi connectivity index (χ3n) is 2.73. The molecular weight excluding hydrogens is 242 g/mol. The predicted molar refractivity (Wildman–Crippen MR) is 74.1 cm³/mol. The lowest BCUT2D eigenvalue weighted by Crippen LogP contribution is -2.10. The normalized spacial score (nSPS) is 10.5. The van der Waals surface area contributed by atoms with E-state index in [1.54, 1.807) is 6.26 Å². The number of aromatic nitrogens is 3. The highest BCUT2D eigenvalue weighted by Gasteiger charge is 2.09. The first-order chi connectivity index (χ1) is 9.20. The Morgan fingerprint density at radius 3 is 2.53 bits per heavy atom. The van der Waals surface area contributed by atoms with Crippen molar-refractivity contribution in [3.63, 3.8) is 0 Å². The van der Waals surface area contributed by atoms with Gasteiger partial charge in [-0.1, -0.05) is 12.1 Å². The molecule has 2 aromatic rings. The molecule has 0 atom stereocenters. The summed E-state index contributed by atoms with van der Waals surface area (Å²) in [5.74, 6) is 2.46. The number of rotatable bonds is 6. The van der Waals surface area contributed by atoms with Crippen LogP contribution in [0.2, 0.25) is 0 Å². The highest BCUT2D eigenvalue weighted by molar-refractivity contribution is 5.57. The fourth-order valence-corrected chi connectivity index (χ4v) is 1.72. The maximum atomic E-state index is 4.80. The van der Waals surface area contributed by atoms with E-state index in [1.807, 2.05) is 19.9 Å². The van der Waals surface area contributed by atoms with Crippen molar-refractivity contribution in [3.05, 3.63) is 29.4 Å². The van der Waals surface area contributed by atoms with Gasteiger partial charge in [-0.3, -0.25) is 0 Å². The first-order valence-corrected chi connectivity index (χ1v) is 6.43. The van der Waals surface area contributed by atoms with Gasteiger partial charge >= 0.3 is 0 Å². The van der Waals surface area contributed by atoms with E-state index in [9.17, 15) is 0 Å². The lowest BCUT2D eigenvalue weighted by molar-refractivity contribution is 0.412. The van der Waals surface area contributed by atoms with Gasteiger partial charge in [0.15, 0.2) is 0 Å². The van der Waals surface area contributed by atoms with Crippen LogP contribution < -0.4 is 10.6 Å². The standard InChI is InChI=1S/C13H19N5O/c1-4-6-14-12-9(2)13(17-10(3)16-12)15-8-11-5-7-19-18-11/h5,7H,4,6,8H2,1-3H3,(H2,14,15,16,17). The number of nitrogens with zero attached hydrogens (tertiary/aromatic N) is 3. The van der Waals surface area contributed by atoms with E-state index in [4.69, 9.17) is 4.52 Å². The molecule has 0 aromatic carbocycles. The molecule has 2 aromatic heterocycles. The van der Waals surface area contributed by atoms with Crippen LogP contribution in [0.15, 0.2) is 16.9 Å². The molecule has 6 heteroatoms. The highest BCUT2D eigenvalue weighted by atomic mass is 16.5. The molecule has 0 fully saturated rings. The van der Waals surface area contributed by atoms with Gasteiger partial charge in [0.1, 0.15) is 29.4 Å². The summed E-state index contributed by atoms with van der Waals surface area (Å²) >= 11 is 0. The Morgan fingerprint density at radius 2 is 1.89 bits per heavy atom. The van der Waals surface area contributed by atoms with Crippen LogP contribution >= 0.6 is 0 Å². The van der Waals surface area contributed by atoms with Crippen LogP contribution in [-0.4, -0.2) is 21.7 Å². The summed E-state index contributed by atoms with van der Waals surface area (Å²) < 4.78 is 4.80. The maximum absolute atomic E-state index is 4.80. The van der Waals surface area contributed by atoms with E-state index < -0.39 is 0 Å². The number of hydrogen-bond acceptors (Lipinski definition) is 6. The van der Waals surface area contributed by atoms with Crippen LogP contribution in [0.5, 0.6) is 0 Å². The molecule has 0 aliphatic heterocycles. The summed E-state index contributed by atoms with van der Waals surface area (Å²) in [5.41, 5.74) is 1.86. The van der Waals surface area contributed by atoms with Gasteiger partial charge < -0.3 is 15.2 Å². The van der Waals surface area contributed by atoms with Crippen LogP contribution in [0, 0.1) is 13.8 Å². The average Bonchev–Trinajstić information content (AvgIpc) is 2.91. The molecule has 0 amide bonds. The first kappa shape index (κ1) is 13.3. The lowest BCUT2D eigenvalue weighted by Gasteiger charge is -2.13. The van der Waals surface area contributed by atoms with Gasteiger partial charge in [0.25, 0.3) is 0 Å². The highest BCUT2D eigenvalue weighted by Crippen LogP contribution is 2.20. The summed E-state index contributed by atoms with van der Waals surface area (Å²) in [4.78, 5) is 8.84. The molecule has 0 saturated heterocycles. The summed E-state index contributed by atoms with van der Waals surface area (Å²) in [7, 11) is 0. The molecule has 0 saturated carbocycles. The molecule has 19 heavy (non-hydrogen) atoms. The number of aryl methyl sites for hydroxylation is 1. The number of hydrogen-bond donors (Lipinski definition) is 2. The first-order valence-electron chi connectivity index (χ1n) is 6.43. The molecule has 0 bridgehead atoms.